The number of alkyl halides is 1. The fourth-order valence-corrected chi connectivity index (χ4v) is 5.84. The first kappa shape index (κ1) is 25.9. The fraction of sp³-hybridized carbons (Fsp3) is 0.455. The van der Waals surface area contributed by atoms with Crippen LogP contribution in [0.25, 0.3) is 0 Å². The first-order valence-corrected chi connectivity index (χ1v) is 12.8. The van der Waals surface area contributed by atoms with Crippen LogP contribution in [0.2, 0.25) is 0 Å². The van der Waals surface area contributed by atoms with Gasteiger partial charge in [-0.25, -0.2) is 0 Å². The molecule has 0 aliphatic carbocycles. The Hall–Kier alpha value is -2.35. The van der Waals surface area contributed by atoms with Crippen molar-refractivity contribution in [1.29, 1.82) is 5.26 Å². The van der Waals surface area contributed by atoms with E-state index in [0.29, 0.717) is 12.9 Å². The van der Waals surface area contributed by atoms with E-state index >= 15 is 0 Å². The highest BCUT2D eigenvalue weighted by Gasteiger charge is 2.42. The normalized spacial score (nSPS) is 20.8. The lowest BCUT2D eigenvalue weighted by Gasteiger charge is -2.42. The van der Waals surface area contributed by atoms with Gasteiger partial charge in [0.15, 0.2) is 5.17 Å². The molecule has 1 aromatic rings. The smallest absolute Gasteiger partial charge is 0.284 e. The maximum atomic E-state index is 12.6. The van der Waals surface area contributed by atoms with Gasteiger partial charge < -0.3 is 10.6 Å². The lowest BCUT2D eigenvalue weighted by Crippen LogP contribution is -2.51. The second-order valence-electron chi connectivity index (χ2n) is 7.60. The Morgan fingerprint density at radius 2 is 2.22 bits per heavy atom. The third kappa shape index (κ3) is 5.91. The van der Waals surface area contributed by atoms with Crippen LogP contribution in [0.4, 0.5) is 10.1 Å². The molecule has 2 N–H and O–H groups in total. The van der Waals surface area contributed by atoms with Crippen molar-refractivity contribution in [2.75, 3.05) is 38.4 Å². The summed E-state index contributed by atoms with van der Waals surface area (Å²) in [7, 11) is -3.44. The predicted octanol–water partition coefficient (Wildman–Crippen LogP) is 3.88. The van der Waals surface area contributed by atoms with E-state index in [4.69, 9.17) is 0 Å². The highest BCUT2D eigenvalue weighted by Crippen LogP contribution is 2.38. The molecular weight excluding hydrogens is 449 g/mol. The number of amidine groups is 1. The zero-order chi connectivity index (χ0) is 23.8. The number of nitrogens with one attached hydrogen (secondary N) is 2. The van der Waals surface area contributed by atoms with Crippen LogP contribution >= 0.6 is 11.8 Å². The van der Waals surface area contributed by atoms with Gasteiger partial charge in [-0.15, -0.1) is 4.40 Å². The number of sulfonamides is 1. The lowest BCUT2D eigenvalue weighted by molar-refractivity contribution is 0.154. The molecule has 3 rings (SSSR count). The third-order valence-corrected chi connectivity index (χ3v) is 7.63. The largest absolute Gasteiger partial charge is 0.382 e. The average Bonchev–Trinajstić information content (AvgIpc) is 3.21. The second kappa shape index (κ2) is 11.5. The molecule has 2 aliphatic rings. The number of anilines is 1. The van der Waals surface area contributed by atoms with E-state index in [1.54, 1.807) is 12.3 Å². The van der Waals surface area contributed by atoms with E-state index in [1.807, 2.05) is 0 Å². The van der Waals surface area contributed by atoms with E-state index < -0.39 is 10.0 Å². The molecule has 174 valence electrons. The van der Waals surface area contributed by atoms with Crippen LogP contribution in [-0.2, 0) is 10.0 Å². The Morgan fingerprint density at radius 1 is 1.47 bits per heavy atom. The van der Waals surface area contributed by atoms with Gasteiger partial charge in [0.1, 0.15) is 6.07 Å². The minimum Gasteiger partial charge on any atom is -0.382 e. The van der Waals surface area contributed by atoms with Gasteiger partial charge in [0.05, 0.1) is 23.3 Å². The number of rotatable bonds is 6. The molecule has 0 saturated carbocycles. The maximum absolute atomic E-state index is 12.6. The van der Waals surface area contributed by atoms with E-state index in [9.17, 15) is 18.1 Å². The molecule has 1 unspecified atom stereocenters. The summed E-state index contributed by atoms with van der Waals surface area (Å²) < 4.78 is 38.5. The van der Waals surface area contributed by atoms with Crippen LogP contribution in [0.3, 0.4) is 0 Å². The van der Waals surface area contributed by atoms with E-state index in [2.05, 4.69) is 45.6 Å². The van der Waals surface area contributed by atoms with E-state index in [-0.39, 0.29) is 21.2 Å². The van der Waals surface area contributed by atoms with Crippen molar-refractivity contribution in [2.45, 2.75) is 36.6 Å². The Bertz CT molecular complexity index is 1030. The number of hydrogen-bond acceptors (Lipinski definition) is 6. The zero-order valence-corrected chi connectivity index (χ0v) is 20.3. The summed E-state index contributed by atoms with van der Waals surface area (Å²) in [5, 5.41) is 15.9. The van der Waals surface area contributed by atoms with Gasteiger partial charge in [-0.05, 0) is 63.4 Å². The summed E-state index contributed by atoms with van der Waals surface area (Å²) in [6.45, 7) is 8.45. The monoisotopic (exact) mass is 479 g/mol. The Balaban J connectivity index is 0.00000176. The fourth-order valence-electron chi connectivity index (χ4n) is 4.16. The van der Waals surface area contributed by atoms with Crippen molar-refractivity contribution in [3.05, 3.63) is 48.2 Å². The molecule has 7 nitrogen and oxygen atoms in total. The quantitative estimate of drug-likeness (QED) is 0.363. The Labute approximate surface area is 194 Å². The molecule has 1 saturated heterocycles. The van der Waals surface area contributed by atoms with Gasteiger partial charge in [-0.1, -0.05) is 30.0 Å². The number of nitriles is 1. The van der Waals surface area contributed by atoms with E-state index in [1.165, 1.54) is 30.3 Å². The van der Waals surface area contributed by atoms with Crippen LogP contribution < -0.4 is 10.6 Å². The third-order valence-electron chi connectivity index (χ3n) is 5.65. The van der Waals surface area contributed by atoms with Crippen molar-refractivity contribution < 1.29 is 12.8 Å². The number of halogens is 1. The molecule has 0 spiro atoms. The molecule has 1 atom stereocenters. The summed E-state index contributed by atoms with van der Waals surface area (Å²) in [6, 6.07) is 6.64. The maximum Gasteiger partial charge on any atom is 0.284 e. The summed E-state index contributed by atoms with van der Waals surface area (Å²) in [5.41, 5.74) is 2.39. The molecule has 2 aliphatic heterocycles. The van der Waals surface area contributed by atoms with Crippen molar-refractivity contribution in [3.8, 4) is 6.07 Å². The molecule has 0 aromatic heterocycles. The standard InChI is InChI=1S/C21H27N5O2S2.CH3F/c1-4-23-20(29-3)25-30(27,28)18-6-7-19(17(12-18)14-22)24-15-21-9-5-10-26(21)11-8-16(2)13-21;1-2/h4,6-8,12,24H,1,5,9-11,13,15H2,2-3H3,(H,23,25);1H3. The number of nitrogens with zero attached hydrogens (tertiary/aromatic N) is 3. The molecule has 0 amide bonds. The molecule has 0 radical (unpaired) electrons. The minimum absolute atomic E-state index is 0.0147. The van der Waals surface area contributed by atoms with E-state index in [0.717, 1.165) is 44.2 Å². The van der Waals surface area contributed by atoms with Crippen LogP contribution in [-0.4, -0.2) is 57.1 Å². The van der Waals surface area contributed by atoms with Crippen LogP contribution in [0.15, 0.2) is 51.9 Å². The minimum atomic E-state index is -3.94. The first-order chi connectivity index (χ1) is 15.3. The molecule has 0 bridgehead atoms. The SMILES string of the molecule is C=CN/C(=N\S(=O)(=O)c1ccc(NCC23CCCN2CC=C(C)C3)c(C#N)c1)SC.CF. The van der Waals surface area contributed by atoms with Gasteiger partial charge in [-0.3, -0.25) is 9.29 Å². The van der Waals surface area contributed by atoms with Gasteiger partial charge in [0, 0.05) is 18.6 Å². The Morgan fingerprint density at radius 3 is 2.88 bits per heavy atom. The molecule has 32 heavy (non-hydrogen) atoms. The van der Waals surface area contributed by atoms with Crippen LogP contribution in [0.1, 0.15) is 31.7 Å². The highest BCUT2D eigenvalue weighted by molar-refractivity contribution is 8.13. The van der Waals surface area contributed by atoms with Crippen LogP contribution in [0.5, 0.6) is 0 Å². The van der Waals surface area contributed by atoms with Crippen molar-refractivity contribution in [2.24, 2.45) is 4.40 Å². The zero-order valence-electron chi connectivity index (χ0n) is 18.7. The predicted molar refractivity (Wildman–Crippen MR) is 130 cm³/mol. The topological polar surface area (TPSA) is 97.6 Å². The average molecular weight is 480 g/mol. The molecular formula is C22H30FN5O2S2. The molecule has 1 fully saturated rings. The summed E-state index contributed by atoms with van der Waals surface area (Å²) in [6.07, 6.45) is 8.66. The summed E-state index contributed by atoms with van der Waals surface area (Å²) >= 11 is 1.16. The van der Waals surface area contributed by atoms with Gasteiger partial charge in [0.25, 0.3) is 10.0 Å². The van der Waals surface area contributed by atoms with Crippen molar-refractivity contribution in [3.63, 3.8) is 0 Å². The van der Waals surface area contributed by atoms with Gasteiger partial charge >= 0.3 is 0 Å². The van der Waals surface area contributed by atoms with Crippen molar-refractivity contribution >= 4 is 32.6 Å². The number of fused-ring (bicyclic) bond motifs is 1. The highest BCUT2D eigenvalue weighted by atomic mass is 32.2. The van der Waals surface area contributed by atoms with Gasteiger partial charge in [-0.2, -0.15) is 13.7 Å². The van der Waals surface area contributed by atoms with Crippen LogP contribution in [0, 0.1) is 11.3 Å². The first-order valence-electron chi connectivity index (χ1n) is 10.2. The number of thioether (sulfide) groups is 1. The molecule has 1 aromatic carbocycles. The summed E-state index contributed by atoms with van der Waals surface area (Å²) in [5.74, 6) is 0. The summed E-state index contributed by atoms with van der Waals surface area (Å²) in [4.78, 5) is 2.49. The Kier molecular flexibility index (Phi) is 9.31. The molecule has 2 heterocycles. The number of benzene rings is 1. The molecule has 10 heteroatoms. The lowest BCUT2D eigenvalue weighted by atomic mass is 9.85. The van der Waals surface area contributed by atoms with Crippen molar-refractivity contribution in [1.82, 2.24) is 10.2 Å². The van der Waals surface area contributed by atoms with Gasteiger partial charge in [0.2, 0.25) is 0 Å². The number of hydrogen-bond donors (Lipinski definition) is 2. The second-order valence-corrected chi connectivity index (χ2v) is 10.00.